The van der Waals surface area contributed by atoms with Crippen LogP contribution >= 0.6 is 15.6 Å². The smallest absolute Gasteiger partial charge is 0.462 e. The molecule has 2 unspecified atom stereocenters. The number of phosphoric ester groups is 2. The van der Waals surface area contributed by atoms with E-state index in [1.165, 1.54) is 6.92 Å². The molecule has 0 aliphatic rings. The van der Waals surface area contributed by atoms with Gasteiger partial charge in [-0.15, -0.1) is 0 Å². The lowest BCUT2D eigenvalue weighted by Gasteiger charge is -2.21. The topological polar surface area (TPSA) is 237 Å². The van der Waals surface area contributed by atoms with Crippen molar-refractivity contribution in [2.75, 3.05) is 39.6 Å². The Morgan fingerprint density at radius 2 is 1.03 bits per heavy atom. The average molecular weight is 582 g/mol. The SMILES string of the molecule is CCC(=O)OC[C@H](COP(=O)(O)OC[C@H](O)COP(=O)(O)OC[C@@H](COC(C)=O)OC(C)=O)OC(C)=O. The van der Waals surface area contributed by atoms with Crippen molar-refractivity contribution in [1.29, 1.82) is 0 Å². The zero-order valence-corrected chi connectivity index (χ0v) is 22.4. The second kappa shape index (κ2) is 17.5. The Morgan fingerprint density at radius 1 is 0.649 bits per heavy atom. The van der Waals surface area contributed by atoms with E-state index < -0.39 is 97.5 Å². The van der Waals surface area contributed by atoms with Crippen LogP contribution in [0.4, 0.5) is 0 Å². The summed E-state index contributed by atoms with van der Waals surface area (Å²) in [7, 11) is -9.63. The van der Waals surface area contributed by atoms with Crippen LogP contribution in [0.5, 0.6) is 0 Å². The zero-order valence-electron chi connectivity index (χ0n) is 20.6. The number of rotatable bonds is 19. The Morgan fingerprint density at radius 3 is 1.38 bits per heavy atom. The normalized spacial score (nSPS) is 16.8. The van der Waals surface area contributed by atoms with E-state index in [1.54, 1.807) is 0 Å². The van der Waals surface area contributed by atoms with Crippen molar-refractivity contribution in [3.05, 3.63) is 0 Å². The monoisotopic (exact) mass is 582 g/mol. The van der Waals surface area contributed by atoms with Crippen molar-refractivity contribution in [3.63, 3.8) is 0 Å². The number of aliphatic hydroxyl groups is 1. The van der Waals surface area contributed by atoms with Crippen molar-refractivity contribution in [2.24, 2.45) is 0 Å². The Balaban J connectivity index is 4.61. The highest BCUT2D eigenvalue weighted by Gasteiger charge is 2.29. The van der Waals surface area contributed by atoms with Crippen LogP contribution in [0.3, 0.4) is 0 Å². The number of hydrogen-bond donors (Lipinski definition) is 3. The van der Waals surface area contributed by atoms with E-state index in [0.29, 0.717) is 0 Å². The molecule has 17 nitrogen and oxygen atoms in total. The Hall–Kier alpha value is -1.94. The van der Waals surface area contributed by atoms with Crippen LogP contribution in [0, 0.1) is 0 Å². The fourth-order valence-corrected chi connectivity index (χ4v) is 3.62. The van der Waals surface area contributed by atoms with Gasteiger partial charge in [-0.3, -0.25) is 37.3 Å². The van der Waals surface area contributed by atoms with Crippen LogP contribution in [0.15, 0.2) is 0 Å². The number of phosphoric acid groups is 2. The van der Waals surface area contributed by atoms with Gasteiger partial charge >= 0.3 is 39.5 Å². The molecule has 0 fully saturated rings. The molecule has 0 saturated heterocycles. The van der Waals surface area contributed by atoms with E-state index >= 15 is 0 Å². The van der Waals surface area contributed by atoms with Gasteiger partial charge in [-0.25, -0.2) is 9.13 Å². The Labute approximate surface area is 212 Å². The Kier molecular flexibility index (Phi) is 16.6. The van der Waals surface area contributed by atoms with Gasteiger partial charge in [0.15, 0.2) is 12.2 Å². The highest BCUT2D eigenvalue weighted by Crippen LogP contribution is 2.45. The van der Waals surface area contributed by atoms with Gasteiger partial charge in [0.2, 0.25) is 0 Å². The lowest BCUT2D eigenvalue weighted by molar-refractivity contribution is -0.159. The summed E-state index contributed by atoms with van der Waals surface area (Å²) in [5.74, 6) is -2.86. The number of carbonyl (C=O) groups is 4. The van der Waals surface area contributed by atoms with Crippen LogP contribution in [0.25, 0.3) is 0 Å². The van der Waals surface area contributed by atoms with E-state index in [9.17, 15) is 43.2 Å². The fourth-order valence-electron chi connectivity index (χ4n) is 2.04. The van der Waals surface area contributed by atoms with Crippen molar-refractivity contribution < 1.29 is 80.2 Å². The minimum atomic E-state index is -4.82. The third-order valence-corrected chi connectivity index (χ3v) is 5.47. The first kappa shape index (κ1) is 35.1. The van der Waals surface area contributed by atoms with Crippen LogP contribution in [0.2, 0.25) is 0 Å². The quantitative estimate of drug-likeness (QED) is 0.103. The van der Waals surface area contributed by atoms with Crippen LogP contribution in [-0.2, 0) is 65.4 Å². The third-order valence-electron chi connectivity index (χ3n) is 3.56. The first-order valence-corrected chi connectivity index (χ1v) is 13.6. The molecule has 3 N–H and O–H groups in total. The van der Waals surface area contributed by atoms with E-state index in [-0.39, 0.29) is 6.42 Å². The molecular weight excluding hydrogens is 550 g/mol. The van der Waals surface area contributed by atoms with Crippen molar-refractivity contribution in [1.82, 2.24) is 0 Å². The minimum absolute atomic E-state index is 0.0437. The molecule has 19 heteroatoms. The maximum absolute atomic E-state index is 12.0. The van der Waals surface area contributed by atoms with Gasteiger partial charge in [0.25, 0.3) is 0 Å². The summed E-state index contributed by atoms with van der Waals surface area (Å²) >= 11 is 0. The van der Waals surface area contributed by atoms with E-state index in [2.05, 4.69) is 22.8 Å². The molecule has 0 aliphatic heterocycles. The van der Waals surface area contributed by atoms with Crippen molar-refractivity contribution in [3.8, 4) is 0 Å². The molecule has 0 spiro atoms. The van der Waals surface area contributed by atoms with Crippen LogP contribution in [0.1, 0.15) is 34.1 Å². The highest BCUT2D eigenvalue weighted by atomic mass is 31.2. The van der Waals surface area contributed by atoms with Gasteiger partial charge in [-0.1, -0.05) is 6.92 Å². The van der Waals surface area contributed by atoms with E-state index in [1.807, 2.05) is 0 Å². The number of hydrogen-bond acceptors (Lipinski definition) is 15. The van der Waals surface area contributed by atoms with Gasteiger partial charge in [0, 0.05) is 27.2 Å². The maximum Gasteiger partial charge on any atom is 0.472 e. The predicted octanol–water partition coefficient (Wildman–Crippen LogP) is -0.00580. The van der Waals surface area contributed by atoms with E-state index in [4.69, 9.17) is 14.2 Å². The minimum Gasteiger partial charge on any atom is -0.462 e. The fraction of sp³-hybridized carbons (Fsp3) is 0.778. The van der Waals surface area contributed by atoms with Crippen LogP contribution < -0.4 is 0 Å². The summed E-state index contributed by atoms with van der Waals surface area (Å²) in [5, 5.41) is 9.81. The van der Waals surface area contributed by atoms with Crippen LogP contribution in [-0.4, -0.2) is 96.7 Å². The number of esters is 4. The summed E-state index contributed by atoms with van der Waals surface area (Å²) in [6.07, 6.45) is -4.12. The first-order valence-electron chi connectivity index (χ1n) is 10.6. The lowest BCUT2D eigenvalue weighted by atomic mass is 10.4. The largest absolute Gasteiger partial charge is 0.472 e. The molecule has 0 aromatic heterocycles. The third kappa shape index (κ3) is 19.8. The second-order valence-corrected chi connectivity index (χ2v) is 9.98. The highest BCUT2D eigenvalue weighted by molar-refractivity contribution is 7.47. The molecule has 0 saturated carbocycles. The number of aliphatic hydroxyl groups excluding tert-OH is 1. The van der Waals surface area contributed by atoms with Crippen molar-refractivity contribution >= 4 is 39.5 Å². The predicted molar refractivity (Wildman–Crippen MR) is 118 cm³/mol. The molecule has 37 heavy (non-hydrogen) atoms. The Bertz CT molecular complexity index is 846. The van der Waals surface area contributed by atoms with Crippen molar-refractivity contribution in [2.45, 2.75) is 52.4 Å². The molecule has 0 bridgehead atoms. The van der Waals surface area contributed by atoms with E-state index in [0.717, 1.165) is 20.8 Å². The summed E-state index contributed by atoms with van der Waals surface area (Å²) in [6, 6.07) is 0. The van der Waals surface area contributed by atoms with Gasteiger partial charge in [-0.05, 0) is 0 Å². The summed E-state index contributed by atoms with van der Waals surface area (Å²) < 4.78 is 61.3. The summed E-state index contributed by atoms with van der Waals surface area (Å²) in [5.41, 5.74) is 0. The number of carbonyl (C=O) groups excluding carboxylic acids is 4. The maximum atomic E-state index is 12.0. The average Bonchev–Trinajstić information content (AvgIpc) is 2.79. The molecule has 0 amide bonds. The lowest BCUT2D eigenvalue weighted by Crippen LogP contribution is -2.29. The molecule has 0 heterocycles. The molecule has 0 radical (unpaired) electrons. The molecule has 5 atom stereocenters. The summed E-state index contributed by atoms with van der Waals surface area (Å²) in [4.78, 5) is 63.7. The molecule has 0 aromatic rings. The molecular formula is C18H32O17P2. The molecule has 0 aromatic carbocycles. The summed E-state index contributed by atoms with van der Waals surface area (Å²) in [6.45, 7) is 0.596. The number of ether oxygens (including phenoxy) is 4. The standard InChI is InChI=1S/C18H32O17P2/c1-5-18(23)29-9-17(35-14(4)21)11-33-37(26,27)31-7-15(22)6-30-36(24,25)32-10-16(34-13(3)20)8-28-12(2)19/h15-17,22H,5-11H2,1-4H3,(H,24,25)(H,26,27)/t15-,16-,17-/m1/s1. The van der Waals surface area contributed by atoms with Gasteiger partial charge in [0.1, 0.15) is 19.3 Å². The van der Waals surface area contributed by atoms with Gasteiger partial charge in [0.05, 0.1) is 26.4 Å². The van der Waals surface area contributed by atoms with Gasteiger partial charge < -0.3 is 33.8 Å². The molecule has 216 valence electrons. The molecule has 0 rings (SSSR count). The first-order chi connectivity index (χ1) is 17.0. The second-order valence-electron chi connectivity index (χ2n) is 7.08. The molecule has 0 aliphatic carbocycles. The van der Waals surface area contributed by atoms with Gasteiger partial charge in [-0.2, -0.15) is 0 Å². The zero-order chi connectivity index (χ0) is 28.6.